The van der Waals surface area contributed by atoms with Gasteiger partial charge in [0, 0.05) is 31.3 Å². The first-order chi connectivity index (χ1) is 12.1. The highest BCUT2D eigenvalue weighted by atomic mass is 16.1. The van der Waals surface area contributed by atoms with Gasteiger partial charge in [-0.15, -0.1) is 0 Å². The number of fused-ring (bicyclic) bond motifs is 1. The van der Waals surface area contributed by atoms with Crippen LogP contribution in [-0.4, -0.2) is 30.0 Å². The molecule has 7 nitrogen and oxygen atoms in total. The topological polar surface area (TPSA) is 77.6 Å². The summed E-state index contributed by atoms with van der Waals surface area (Å²) in [5, 5.41) is 2.89. The van der Waals surface area contributed by atoms with Crippen molar-refractivity contribution in [1.82, 2.24) is 24.1 Å². The number of benzene rings is 1. The molecule has 4 rings (SSSR count). The predicted octanol–water partition coefficient (Wildman–Crippen LogP) is 2.71. The first kappa shape index (κ1) is 15.1. The van der Waals surface area contributed by atoms with Gasteiger partial charge in [0.05, 0.1) is 16.6 Å². The van der Waals surface area contributed by atoms with E-state index in [0.29, 0.717) is 17.1 Å². The highest BCUT2D eigenvalue weighted by molar-refractivity contribution is 6.04. The Morgan fingerprint density at radius 1 is 1.20 bits per heavy atom. The third kappa shape index (κ3) is 2.76. The zero-order valence-electron chi connectivity index (χ0n) is 13.8. The smallest absolute Gasteiger partial charge is 0.257 e. The van der Waals surface area contributed by atoms with E-state index >= 15 is 0 Å². The Morgan fingerprint density at radius 3 is 2.80 bits per heavy atom. The summed E-state index contributed by atoms with van der Waals surface area (Å²) in [6, 6.07) is 9.20. The van der Waals surface area contributed by atoms with Gasteiger partial charge in [-0.2, -0.15) is 0 Å². The summed E-state index contributed by atoms with van der Waals surface area (Å²) in [4.78, 5) is 25.2. The third-order valence-electron chi connectivity index (χ3n) is 4.14. The van der Waals surface area contributed by atoms with Crippen molar-refractivity contribution in [1.29, 1.82) is 0 Å². The molecule has 0 saturated heterocycles. The molecule has 0 spiro atoms. The van der Waals surface area contributed by atoms with Crippen molar-refractivity contribution in [3.63, 3.8) is 0 Å². The molecule has 0 fully saturated rings. The van der Waals surface area contributed by atoms with Crippen LogP contribution in [0.4, 0.5) is 5.69 Å². The van der Waals surface area contributed by atoms with Crippen LogP contribution in [0.3, 0.4) is 0 Å². The van der Waals surface area contributed by atoms with E-state index in [9.17, 15) is 4.79 Å². The molecular weight excluding hydrogens is 316 g/mol. The van der Waals surface area contributed by atoms with Crippen LogP contribution in [0, 0.1) is 6.92 Å². The summed E-state index contributed by atoms with van der Waals surface area (Å²) in [6.45, 7) is 1.95. The second-order valence-electron chi connectivity index (χ2n) is 5.75. The van der Waals surface area contributed by atoms with Crippen molar-refractivity contribution in [2.24, 2.45) is 7.05 Å². The Kier molecular flexibility index (Phi) is 3.53. The van der Waals surface area contributed by atoms with Crippen LogP contribution >= 0.6 is 0 Å². The molecule has 0 bridgehead atoms. The number of hydrogen-bond donors (Lipinski definition) is 1. The number of aryl methyl sites for hydroxylation is 2. The van der Waals surface area contributed by atoms with Gasteiger partial charge in [-0.05, 0) is 37.3 Å². The van der Waals surface area contributed by atoms with Gasteiger partial charge in [0.25, 0.3) is 5.91 Å². The molecule has 0 aliphatic carbocycles. The Hall–Kier alpha value is -3.48. The lowest BCUT2D eigenvalue weighted by Crippen LogP contribution is -2.12. The second-order valence-corrected chi connectivity index (χ2v) is 5.75. The second kappa shape index (κ2) is 5.86. The summed E-state index contributed by atoms with van der Waals surface area (Å²) < 4.78 is 3.79. The van der Waals surface area contributed by atoms with Crippen LogP contribution in [0.2, 0.25) is 0 Å². The van der Waals surface area contributed by atoms with Crippen molar-refractivity contribution in [2.75, 3.05) is 5.32 Å². The molecule has 25 heavy (non-hydrogen) atoms. The molecule has 4 aromatic rings. The number of rotatable bonds is 3. The maximum absolute atomic E-state index is 12.4. The molecule has 3 heterocycles. The van der Waals surface area contributed by atoms with Crippen LogP contribution in [-0.2, 0) is 7.05 Å². The van der Waals surface area contributed by atoms with E-state index in [1.54, 1.807) is 41.6 Å². The molecule has 0 saturated carbocycles. The number of amides is 1. The Labute approximate surface area is 144 Å². The lowest BCUT2D eigenvalue weighted by molar-refractivity contribution is 0.102. The molecule has 7 heteroatoms. The van der Waals surface area contributed by atoms with E-state index in [1.807, 2.05) is 36.7 Å². The number of pyridine rings is 1. The van der Waals surface area contributed by atoms with Crippen molar-refractivity contribution in [2.45, 2.75) is 6.92 Å². The highest BCUT2D eigenvalue weighted by Crippen LogP contribution is 2.20. The molecule has 0 atom stereocenters. The molecular formula is C18H16N6O. The van der Waals surface area contributed by atoms with Gasteiger partial charge in [0.1, 0.15) is 18.0 Å². The first-order valence-corrected chi connectivity index (χ1v) is 7.80. The molecule has 0 aliphatic rings. The van der Waals surface area contributed by atoms with Gasteiger partial charge >= 0.3 is 0 Å². The van der Waals surface area contributed by atoms with Gasteiger partial charge in [-0.3, -0.25) is 9.36 Å². The van der Waals surface area contributed by atoms with E-state index in [0.717, 1.165) is 16.9 Å². The zero-order valence-corrected chi connectivity index (χ0v) is 13.8. The zero-order chi connectivity index (χ0) is 17.4. The van der Waals surface area contributed by atoms with Crippen LogP contribution in [0.1, 0.15) is 16.2 Å². The Bertz CT molecular complexity index is 1050. The Balaban J connectivity index is 1.55. The normalized spacial score (nSPS) is 11.0. The number of carbonyl (C=O) groups is 1. The molecule has 0 aliphatic heterocycles. The molecule has 0 unspecified atom stereocenters. The number of hydrogen-bond acceptors (Lipinski definition) is 4. The van der Waals surface area contributed by atoms with Gasteiger partial charge < -0.3 is 9.88 Å². The summed E-state index contributed by atoms with van der Waals surface area (Å²) >= 11 is 0. The van der Waals surface area contributed by atoms with Crippen LogP contribution < -0.4 is 5.32 Å². The van der Waals surface area contributed by atoms with E-state index in [-0.39, 0.29) is 5.91 Å². The quantitative estimate of drug-likeness (QED) is 0.626. The Morgan fingerprint density at radius 2 is 2.08 bits per heavy atom. The van der Waals surface area contributed by atoms with Crippen LogP contribution in [0.5, 0.6) is 0 Å². The maximum Gasteiger partial charge on any atom is 0.257 e. The molecule has 1 amide bonds. The number of anilines is 1. The number of imidazole rings is 2. The fraction of sp³-hybridized carbons (Fsp3) is 0.111. The molecule has 1 aromatic carbocycles. The maximum atomic E-state index is 12.4. The van der Waals surface area contributed by atoms with E-state index in [4.69, 9.17) is 0 Å². The first-order valence-electron chi connectivity index (χ1n) is 7.80. The van der Waals surface area contributed by atoms with Crippen LogP contribution in [0.15, 0.2) is 55.2 Å². The molecule has 0 radical (unpaired) electrons. The standard InChI is InChI=1S/C18H16N6O/c1-12-21-15-9-14(4-5-16(15)23(12)2)22-18(25)13-3-6-17(20-10-13)24-8-7-19-11-24/h3-11H,1-2H3,(H,22,25). The minimum atomic E-state index is -0.211. The van der Waals surface area contributed by atoms with Crippen molar-refractivity contribution in [3.05, 3.63) is 66.6 Å². The SMILES string of the molecule is Cc1nc2cc(NC(=O)c3ccc(-n4ccnc4)nc3)ccc2n1C. The predicted molar refractivity (Wildman–Crippen MR) is 94.8 cm³/mol. The molecule has 124 valence electrons. The average molecular weight is 332 g/mol. The van der Waals surface area contributed by atoms with Gasteiger partial charge in [0.2, 0.25) is 0 Å². The monoisotopic (exact) mass is 332 g/mol. The minimum absolute atomic E-state index is 0.211. The number of nitrogens with one attached hydrogen (secondary N) is 1. The average Bonchev–Trinajstić information content (AvgIpc) is 3.24. The van der Waals surface area contributed by atoms with Gasteiger partial charge in [-0.1, -0.05) is 0 Å². The van der Waals surface area contributed by atoms with Crippen molar-refractivity contribution < 1.29 is 4.79 Å². The number of nitrogens with zero attached hydrogens (tertiary/aromatic N) is 5. The van der Waals surface area contributed by atoms with Crippen molar-refractivity contribution in [3.8, 4) is 5.82 Å². The van der Waals surface area contributed by atoms with E-state index < -0.39 is 0 Å². The third-order valence-corrected chi connectivity index (χ3v) is 4.14. The van der Waals surface area contributed by atoms with E-state index in [2.05, 4.69) is 20.3 Å². The van der Waals surface area contributed by atoms with Gasteiger partial charge in [-0.25, -0.2) is 15.0 Å². The van der Waals surface area contributed by atoms with E-state index in [1.165, 1.54) is 0 Å². The fourth-order valence-corrected chi connectivity index (χ4v) is 2.67. The number of carbonyl (C=O) groups excluding carboxylic acids is 1. The van der Waals surface area contributed by atoms with Crippen molar-refractivity contribution >= 4 is 22.6 Å². The van der Waals surface area contributed by atoms with Crippen LogP contribution in [0.25, 0.3) is 16.9 Å². The largest absolute Gasteiger partial charge is 0.331 e. The molecule has 3 aromatic heterocycles. The molecule has 1 N–H and O–H groups in total. The summed E-state index contributed by atoms with van der Waals surface area (Å²) in [5.74, 6) is 1.42. The highest BCUT2D eigenvalue weighted by Gasteiger charge is 2.10. The minimum Gasteiger partial charge on any atom is -0.331 e. The summed E-state index contributed by atoms with van der Waals surface area (Å²) in [7, 11) is 1.97. The lowest BCUT2D eigenvalue weighted by atomic mass is 10.2. The van der Waals surface area contributed by atoms with Gasteiger partial charge in [0.15, 0.2) is 0 Å². The summed E-state index contributed by atoms with van der Waals surface area (Å²) in [6.07, 6.45) is 6.68. The lowest BCUT2D eigenvalue weighted by Gasteiger charge is -2.06. The fourth-order valence-electron chi connectivity index (χ4n) is 2.67. The summed E-state index contributed by atoms with van der Waals surface area (Å²) in [5.41, 5.74) is 3.07. The number of aromatic nitrogens is 5.